The van der Waals surface area contributed by atoms with E-state index in [-0.39, 0.29) is 18.3 Å². The molecule has 3 rings (SSSR count). The zero-order valence-electron chi connectivity index (χ0n) is 14.4. The summed E-state index contributed by atoms with van der Waals surface area (Å²) < 4.78 is 7.19. The molecule has 1 amide bonds. The molecule has 0 radical (unpaired) electrons. The summed E-state index contributed by atoms with van der Waals surface area (Å²) >= 11 is 0. The molecule has 1 aliphatic rings. The van der Waals surface area contributed by atoms with Crippen LogP contribution in [0.1, 0.15) is 18.4 Å². The van der Waals surface area contributed by atoms with Crippen LogP contribution in [0, 0.1) is 5.41 Å². The number of halogens is 1. The van der Waals surface area contributed by atoms with Crippen molar-refractivity contribution in [2.45, 2.75) is 19.4 Å². The summed E-state index contributed by atoms with van der Waals surface area (Å²) in [6.45, 7) is 2.87. The van der Waals surface area contributed by atoms with Crippen LogP contribution in [0.4, 0.5) is 5.69 Å². The van der Waals surface area contributed by atoms with E-state index >= 15 is 0 Å². The van der Waals surface area contributed by atoms with Gasteiger partial charge in [0.15, 0.2) is 0 Å². The highest BCUT2D eigenvalue weighted by molar-refractivity contribution is 5.95. The Morgan fingerprint density at radius 1 is 1.32 bits per heavy atom. The van der Waals surface area contributed by atoms with Crippen molar-refractivity contribution in [3.8, 4) is 0 Å². The number of nitrogens with zero attached hydrogens (tertiary/aromatic N) is 2. The molecule has 0 atom stereocenters. The van der Waals surface area contributed by atoms with Crippen molar-refractivity contribution in [2.24, 2.45) is 5.41 Å². The molecule has 0 bridgehead atoms. The zero-order valence-corrected chi connectivity index (χ0v) is 15.2. The molecule has 25 heavy (non-hydrogen) atoms. The van der Waals surface area contributed by atoms with Crippen LogP contribution < -0.4 is 10.6 Å². The minimum Gasteiger partial charge on any atom is -0.384 e. The third kappa shape index (κ3) is 4.81. The SMILES string of the molecule is COCC1(C(=O)Nc2ccc(Cn3cccn3)cc2)CCNCC1.Cl. The molecule has 2 aromatic rings. The Morgan fingerprint density at radius 2 is 2.04 bits per heavy atom. The van der Waals surface area contributed by atoms with Crippen LogP contribution >= 0.6 is 12.4 Å². The van der Waals surface area contributed by atoms with E-state index in [2.05, 4.69) is 15.7 Å². The topological polar surface area (TPSA) is 68.2 Å². The van der Waals surface area contributed by atoms with Crippen LogP contribution in [0.2, 0.25) is 0 Å². The van der Waals surface area contributed by atoms with Gasteiger partial charge in [-0.15, -0.1) is 12.4 Å². The molecule has 0 spiro atoms. The van der Waals surface area contributed by atoms with E-state index in [1.807, 2.05) is 41.2 Å². The van der Waals surface area contributed by atoms with Crippen LogP contribution in [0.5, 0.6) is 0 Å². The molecule has 0 unspecified atom stereocenters. The smallest absolute Gasteiger partial charge is 0.233 e. The second-order valence-electron chi connectivity index (χ2n) is 6.32. The molecule has 0 saturated carbocycles. The summed E-state index contributed by atoms with van der Waals surface area (Å²) in [6, 6.07) is 9.82. The summed E-state index contributed by atoms with van der Waals surface area (Å²) in [7, 11) is 1.65. The van der Waals surface area contributed by atoms with Gasteiger partial charge < -0.3 is 15.4 Å². The number of benzene rings is 1. The number of carbonyl (C=O) groups is 1. The molecule has 0 aliphatic carbocycles. The molecular weight excluding hydrogens is 340 g/mol. The van der Waals surface area contributed by atoms with Crippen LogP contribution in [0.3, 0.4) is 0 Å². The number of aromatic nitrogens is 2. The van der Waals surface area contributed by atoms with Crippen LogP contribution in [0.15, 0.2) is 42.7 Å². The van der Waals surface area contributed by atoms with Gasteiger partial charge in [-0.25, -0.2) is 0 Å². The lowest BCUT2D eigenvalue weighted by molar-refractivity contribution is -0.130. The van der Waals surface area contributed by atoms with Crippen molar-refractivity contribution in [2.75, 3.05) is 32.1 Å². The fourth-order valence-electron chi connectivity index (χ4n) is 3.16. The van der Waals surface area contributed by atoms with Crippen molar-refractivity contribution in [1.82, 2.24) is 15.1 Å². The van der Waals surface area contributed by atoms with E-state index in [9.17, 15) is 4.79 Å². The highest BCUT2D eigenvalue weighted by Gasteiger charge is 2.39. The van der Waals surface area contributed by atoms with Gasteiger partial charge in [-0.05, 0) is 49.7 Å². The highest BCUT2D eigenvalue weighted by atomic mass is 35.5. The lowest BCUT2D eigenvalue weighted by atomic mass is 9.78. The number of ether oxygens (including phenoxy) is 1. The number of piperidine rings is 1. The average molecular weight is 365 g/mol. The largest absolute Gasteiger partial charge is 0.384 e. The van der Waals surface area contributed by atoms with Gasteiger partial charge >= 0.3 is 0 Å². The molecule has 6 nitrogen and oxygen atoms in total. The summed E-state index contributed by atoms with van der Waals surface area (Å²) in [5.41, 5.74) is 1.52. The molecule has 1 aromatic heterocycles. The second-order valence-corrected chi connectivity index (χ2v) is 6.32. The molecule has 1 saturated heterocycles. The predicted octanol–water partition coefficient (Wildman–Crippen LogP) is 2.31. The highest BCUT2D eigenvalue weighted by Crippen LogP contribution is 2.31. The number of anilines is 1. The number of hydrogen-bond acceptors (Lipinski definition) is 4. The van der Waals surface area contributed by atoms with Gasteiger partial charge in [0.05, 0.1) is 18.6 Å². The standard InChI is InChI=1S/C18H24N4O2.ClH/c1-24-14-18(7-10-19-11-8-18)17(23)21-16-5-3-15(4-6-16)13-22-12-2-9-20-22;/h2-6,9,12,19H,7-8,10-11,13-14H2,1H3,(H,21,23);1H. The molecule has 136 valence electrons. The van der Waals surface area contributed by atoms with Gasteiger partial charge in [0.1, 0.15) is 0 Å². The quantitative estimate of drug-likeness (QED) is 0.825. The molecule has 7 heteroatoms. The first-order chi connectivity index (χ1) is 11.7. The van der Waals surface area contributed by atoms with E-state index in [4.69, 9.17) is 4.74 Å². The number of nitrogens with one attached hydrogen (secondary N) is 2. The van der Waals surface area contributed by atoms with Gasteiger partial charge in [0.2, 0.25) is 5.91 Å². The fraction of sp³-hybridized carbons (Fsp3) is 0.444. The summed E-state index contributed by atoms with van der Waals surface area (Å²) in [5.74, 6) is 0.0469. The van der Waals surface area contributed by atoms with Crippen molar-refractivity contribution in [3.63, 3.8) is 0 Å². The van der Waals surface area contributed by atoms with Crippen LogP contribution in [0.25, 0.3) is 0 Å². The Labute approximate surface area is 154 Å². The van der Waals surface area contributed by atoms with Gasteiger partial charge in [0, 0.05) is 25.2 Å². The molecule has 1 fully saturated rings. The molecular formula is C18H25ClN4O2. The lowest BCUT2D eigenvalue weighted by Gasteiger charge is -2.35. The van der Waals surface area contributed by atoms with Crippen molar-refractivity contribution in [1.29, 1.82) is 0 Å². The Balaban J connectivity index is 0.00000225. The molecule has 1 aliphatic heterocycles. The normalized spacial score (nSPS) is 16.0. The number of hydrogen-bond donors (Lipinski definition) is 2. The zero-order chi connectivity index (χ0) is 16.8. The number of carbonyl (C=O) groups excluding carboxylic acids is 1. The first kappa shape index (κ1) is 19.4. The summed E-state index contributed by atoms with van der Waals surface area (Å²) in [6.07, 6.45) is 5.29. The Morgan fingerprint density at radius 3 is 2.64 bits per heavy atom. The third-order valence-corrected chi connectivity index (χ3v) is 4.58. The van der Waals surface area contributed by atoms with E-state index in [0.29, 0.717) is 6.61 Å². The summed E-state index contributed by atoms with van der Waals surface area (Å²) in [4.78, 5) is 12.8. The lowest BCUT2D eigenvalue weighted by Crippen LogP contribution is -2.47. The fourth-order valence-corrected chi connectivity index (χ4v) is 3.16. The maximum atomic E-state index is 12.8. The Kier molecular flexibility index (Phi) is 6.99. The van der Waals surface area contributed by atoms with Crippen molar-refractivity contribution < 1.29 is 9.53 Å². The summed E-state index contributed by atoms with van der Waals surface area (Å²) in [5, 5.41) is 10.6. The average Bonchev–Trinajstić information content (AvgIpc) is 3.11. The van der Waals surface area contributed by atoms with Crippen LogP contribution in [-0.2, 0) is 16.1 Å². The number of amides is 1. The van der Waals surface area contributed by atoms with Crippen molar-refractivity contribution >= 4 is 24.0 Å². The van der Waals surface area contributed by atoms with Gasteiger partial charge in [-0.3, -0.25) is 9.48 Å². The van der Waals surface area contributed by atoms with Gasteiger partial charge in [0.25, 0.3) is 0 Å². The maximum Gasteiger partial charge on any atom is 0.233 e. The minimum absolute atomic E-state index is 0. The molecule has 1 aromatic carbocycles. The van der Waals surface area contributed by atoms with E-state index in [1.54, 1.807) is 13.3 Å². The number of rotatable bonds is 6. The Hall–Kier alpha value is -1.89. The molecule has 2 heterocycles. The predicted molar refractivity (Wildman–Crippen MR) is 100 cm³/mol. The van der Waals surface area contributed by atoms with Gasteiger partial charge in [-0.1, -0.05) is 12.1 Å². The van der Waals surface area contributed by atoms with Crippen molar-refractivity contribution in [3.05, 3.63) is 48.3 Å². The number of methoxy groups -OCH3 is 1. The second kappa shape index (κ2) is 8.99. The minimum atomic E-state index is -0.437. The van der Waals surface area contributed by atoms with Gasteiger partial charge in [-0.2, -0.15) is 5.10 Å². The third-order valence-electron chi connectivity index (χ3n) is 4.58. The first-order valence-corrected chi connectivity index (χ1v) is 8.29. The first-order valence-electron chi connectivity index (χ1n) is 8.29. The van der Waals surface area contributed by atoms with E-state index in [0.717, 1.165) is 43.7 Å². The maximum absolute atomic E-state index is 12.8. The van der Waals surface area contributed by atoms with Crippen LogP contribution in [-0.4, -0.2) is 42.5 Å². The van der Waals surface area contributed by atoms with E-state index in [1.165, 1.54) is 0 Å². The Bertz CT molecular complexity index is 647. The molecule has 2 N–H and O–H groups in total. The monoisotopic (exact) mass is 364 g/mol. The van der Waals surface area contributed by atoms with E-state index < -0.39 is 5.41 Å².